The molecule has 0 unspecified atom stereocenters. The summed E-state index contributed by atoms with van der Waals surface area (Å²) in [6, 6.07) is 6.69. The molecule has 0 aliphatic rings. The van der Waals surface area contributed by atoms with Crippen LogP contribution < -0.4 is 4.72 Å². The Kier molecular flexibility index (Phi) is 4.01. The first-order valence-corrected chi connectivity index (χ1v) is 8.66. The second-order valence-corrected chi connectivity index (χ2v) is 6.96. The molecule has 0 bridgehead atoms. The lowest BCUT2D eigenvalue weighted by Gasteiger charge is -2.04. The normalized spacial score (nSPS) is 11.7. The van der Waals surface area contributed by atoms with Crippen molar-refractivity contribution >= 4 is 21.4 Å². The minimum absolute atomic E-state index is 0.0248. The highest BCUT2D eigenvalue weighted by molar-refractivity contribution is 7.89. The number of thiophene rings is 1. The number of halogens is 1. The third kappa shape index (κ3) is 3.21. The Labute approximate surface area is 130 Å². The summed E-state index contributed by atoms with van der Waals surface area (Å²) in [5.41, 5.74) is 1.32. The van der Waals surface area contributed by atoms with Crippen LogP contribution in [0, 0.1) is 5.82 Å². The lowest BCUT2D eigenvalue weighted by Crippen LogP contribution is -2.23. The van der Waals surface area contributed by atoms with Gasteiger partial charge in [0.25, 0.3) is 0 Å². The molecule has 114 valence electrons. The molecule has 2 heterocycles. The maximum atomic E-state index is 13.1. The Morgan fingerprint density at radius 2 is 2.18 bits per heavy atom. The highest BCUT2D eigenvalue weighted by atomic mass is 32.2. The fourth-order valence-electron chi connectivity index (χ4n) is 1.78. The van der Waals surface area contributed by atoms with Gasteiger partial charge in [0.1, 0.15) is 5.82 Å². The van der Waals surface area contributed by atoms with Crippen LogP contribution in [0.1, 0.15) is 5.69 Å². The minimum atomic E-state index is -3.79. The van der Waals surface area contributed by atoms with Gasteiger partial charge in [0.2, 0.25) is 10.0 Å². The molecular formula is C13H11FN4O2S2. The highest BCUT2D eigenvalue weighted by Crippen LogP contribution is 2.12. The SMILES string of the molecule is O=S(=O)(NCc1cn(-c2ccsc2)nn1)c1cccc(F)c1. The molecule has 0 aliphatic carbocycles. The molecule has 1 N–H and O–H groups in total. The highest BCUT2D eigenvalue weighted by Gasteiger charge is 2.15. The number of hydrogen-bond acceptors (Lipinski definition) is 5. The van der Waals surface area contributed by atoms with Crippen LogP contribution in [-0.2, 0) is 16.6 Å². The largest absolute Gasteiger partial charge is 0.241 e. The van der Waals surface area contributed by atoms with Crippen LogP contribution in [0.15, 0.2) is 52.2 Å². The smallest absolute Gasteiger partial charge is 0.220 e. The third-order valence-corrected chi connectivity index (χ3v) is 4.93. The van der Waals surface area contributed by atoms with E-state index < -0.39 is 15.8 Å². The van der Waals surface area contributed by atoms with E-state index in [2.05, 4.69) is 15.0 Å². The predicted octanol–water partition coefficient (Wildman–Crippen LogP) is 1.95. The summed E-state index contributed by atoms with van der Waals surface area (Å²) in [4.78, 5) is -0.127. The molecule has 0 saturated heterocycles. The predicted molar refractivity (Wildman–Crippen MR) is 79.7 cm³/mol. The number of sulfonamides is 1. The van der Waals surface area contributed by atoms with E-state index in [0.29, 0.717) is 5.69 Å². The van der Waals surface area contributed by atoms with Gasteiger partial charge in [-0.2, -0.15) is 11.3 Å². The van der Waals surface area contributed by atoms with Gasteiger partial charge in [-0.25, -0.2) is 22.2 Å². The number of aromatic nitrogens is 3. The molecule has 1 aromatic carbocycles. The van der Waals surface area contributed by atoms with Crippen molar-refractivity contribution in [1.82, 2.24) is 19.7 Å². The molecule has 0 fully saturated rings. The monoisotopic (exact) mass is 338 g/mol. The number of nitrogens with zero attached hydrogens (tertiary/aromatic N) is 3. The van der Waals surface area contributed by atoms with Crippen molar-refractivity contribution in [1.29, 1.82) is 0 Å². The molecule has 3 aromatic rings. The number of hydrogen-bond donors (Lipinski definition) is 1. The lowest BCUT2D eigenvalue weighted by atomic mass is 10.4. The van der Waals surface area contributed by atoms with Crippen molar-refractivity contribution in [2.75, 3.05) is 0 Å². The molecule has 2 aromatic heterocycles. The summed E-state index contributed by atoms with van der Waals surface area (Å²) >= 11 is 1.52. The zero-order chi connectivity index (χ0) is 15.6. The van der Waals surface area contributed by atoms with E-state index in [-0.39, 0.29) is 11.4 Å². The second kappa shape index (κ2) is 5.95. The lowest BCUT2D eigenvalue weighted by molar-refractivity contribution is 0.576. The Morgan fingerprint density at radius 1 is 1.32 bits per heavy atom. The minimum Gasteiger partial charge on any atom is -0.220 e. The summed E-state index contributed by atoms with van der Waals surface area (Å²) in [5, 5.41) is 11.6. The molecule has 0 atom stereocenters. The van der Waals surface area contributed by atoms with Gasteiger partial charge in [-0.05, 0) is 29.6 Å². The first-order chi connectivity index (χ1) is 10.5. The number of benzene rings is 1. The van der Waals surface area contributed by atoms with Gasteiger partial charge in [0.15, 0.2) is 0 Å². The van der Waals surface area contributed by atoms with Crippen molar-refractivity contribution in [2.45, 2.75) is 11.4 Å². The fourth-order valence-corrected chi connectivity index (χ4v) is 3.43. The van der Waals surface area contributed by atoms with Crippen LogP contribution in [-0.4, -0.2) is 23.4 Å². The molecule has 0 saturated carbocycles. The number of nitrogens with one attached hydrogen (secondary N) is 1. The quantitative estimate of drug-likeness (QED) is 0.771. The number of rotatable bonds is 5. The van der Waals surface area contributed by atoms with Crippen LogP contribution >= 0.6 is 11.3 Å². The molecule has 6 nitrogen and oxygen atoms in total. The van der Waals surface area contributed by atoms with Crippen molar-refractivity contribution in [2.24, 2.45) is 0 Å². The van der Waals surface area contributed by atoms with Gasteiger partial charge in [-0.15, -0.1) is 5.10 Å². The summed E-state index contributed by atoms with van der Waals surface area (Å²) in [7, 11) is -3.79. The molecule has 9 heteroatoms. The first-order valence-electron chi connectivity index (χ1n) is 6.24. The Hall–Kier alpha value is -2.10. The molecule has 0 spiro atoms. The van der Waals surface area contributed by atoms with E-state index in [1.165, 1.54) is 29.5 Å². The second-order valence-electron chi connectivity index (χ2n) is 4.42. The van der Waals surface area contributed by atoms with Crippen molar-refractivity contribution < 1.29 is 12.8 Å². The third-order valence-electron chi connectivity index (χ3n) is 2.86. The van der Waals surface area contributed by atoms with E-state index in [4.69, 9.17) is 0 Å². The summed E-state index contributed by atoms with van der Waals surface area (Å²) in [5.74, 6) is -0.605. The first kappa shape index (κ1) is 14.8. The van der Waals surface area contributed by atoms with Gasteiger partial charge in [-0.1, -0.05) is 11.3 Å². The van der Waals surface area contributed by atoms with Crippen LogP contribution in [0.25, 0.3) is 5.69 Å². The maximum absolute atomic E-state index is 13.1. The van der Waals surface area contributed by atoms with E-state index in [1.54, 1.807) is 10.9 Å². The van der Waals surface area contributed by atoms with Crippen molar-refractivity contribution in [3.63, 3.8) is 0 Å². The average molecular weight is 338 g/mol. The zero-order valence-corrected chi connectivity index (χ0v) is 12.8. The Balaban J connectivity index is 1.72. The molecule has 22 heavy (non-hydrogen) atoms. The van der Waals surface area contributed by atoms with Crippen LogP contribution in [0.3, 0.4) is 0 Å². The van der Waals surface area contributed by atoms with Crippen LogP contribution in [0.4, 0.5) is 4.39 Å². The van der Waals surface area contributed by atoms with Crippen LogP contribution in [0.5, 0.6) is 0 Å². The van der Waals surface area contributed by atoms with Gasteiger partial charge in [-0.3, -0.25) is 0 Å². The van der Waals surface area contributed by atoms with E-state index in [0.717, 1.165) is 11.8 Å². The fraction of sp³-hybridized carbons (Fsp3) is 0.0769. The summed E-state index contributed by atoms with van der Waals surface area (Å²) in [6.07, 6.45) is 1.64. The molecule has 0 radical (unpaired) electrons. The van der Waals surface area contributed by atoms with E-state index in [9.17, 15) is 12.8 Å². The molecule has 0 aliphatic heterocycles. The van der Waals surface area contributed by atoms with E-state index >= 15 is 0 Å². The van der Waals surface area contributed by atoms with Gasteiger partial charge < -0.3 is 0 Å². The standard InChI is InChI=1S/C13H11FN4O2S2/c14-10-2-1-3-13(6-10)22(19,20)15-7-11-8-18(17-16-11)12-4-5-21-9-12/h1-6,8-9,15H,7H2. The molecule has 3 rings (SSSR count). The van der Waals surface area contributed by atoms with Gasteiger partial charge in [0.05, 0.1) is 29.0 Å². The zero-order valence-electron chi connectivity index (χ0n) is 11.2. The van der Waals surface area contributed by atoms with Gasteiger partial charge in [0, 0.05) is 5.38 Å². The Bertz CT molecular complexity index is 875. The van der Waals surface area contributed by atoms with E-state index in [1.807, 2.05) is 16.8 Å². The Morgan fingerprint density at radius 3 is 2.91 bits per heavy atom. The molecule has 0 amide bonds. The maximum Gasteiger partial charge on any atom is 0.241 e. The topological polar surface area (TPSA) is 76.9 Å². The van der Waals surface area contributed by atoms with Gasteiger partial charge >= 0.3 is 0 Å². The average Bonchev–Trinajstić information content (AvgIpc) is 3.16. The summed E-state index contributed by atoms with van der Waals surface area (Å²) in [6.45, 7) is -0.0248. The molecular weight excluding hydrogens is 327 g/mol. The van der Waals surface area contributed by atoms with Crippen molar-refractivity contribution in [3.05, 3.63) is 58.8 Å². The summed E-state index contributed by atoms with van der Waals surface area (Å²) < 4.78 is 41.2. The van der Waals surface area contributed by atoms with Crippen LogP contribution in [0.2, 0.25) is 0 Å². The van der Waals surface area contributed by atoms with Crippen molar-refractivity contribution in [3.8, 4) is 5.69 Å².